The predicted molar refractivity (Wildman–Crippen MR) is 109 cm³/mol. The summed E-state index contributed by atoms with van der Waals surface area (Å²) in [5.74, 6) is 3.05. The number of benzene rings is 1. The number of rotatable bonds is 8. The quantitative estimate of drug-likeness (QED) is 0.548. The van der Waals surface area contributed by atoms with Crippen LogP contribution < -0.4 is 15.4 Å². The molecule has 0 saturated carbocycles. The van der Waals surface area contributed by atoms with E-state index in [0.717, 1.165) is 30.4 Å². The van der Waals surface area contributed by atoms with Gasteiger partial charge in [-0.2, -0.15) is 11.8 Å². The molecule has 0 bridgehead atoms. The largest absolute Gasteiger partial charge is 0.492 e. The molecule has 1 atom stereocenters. The third kappa shape index (κ3) is 6.78. The molecule has 1 saturated heterocycles. The Bertz CT molecular complexity index is 556. The van der Waals surface area contributed by atoms with Gasteiger partial charge < -0.3 is 20.3 Å². The minimum absolute atomic E-state index is 0.324. The van der Waals surface area contributed by atoms with Crippen LogP contribution >= 0.6 is 11.8 Å². The Balaban J connectivity index is 1.84. The van der Waals surface area contributed by atoms with E-state index in [0.29, 0.717) is 17.9 Å². The van der Waals surface area contributed by atoms with Gasteiger partial charge >= 0.3 is 0 Å². The van der Waals surface area contributed by atoms with Crippen LogP contribution in [0.3, 0.4) is 0 Å². The Morgan fingerprint density at radius 1 is 1.32 bits per heavy atom. The zero-order valence-corrected chi connectivity index (χ0v) is 16.8. The summed E-state index contributed by atoms with van der Waals surface area (Å²) in [5.41, 5.74) is 1.14. The molecule has 0 spiro atoms. The van der Waals surface area contributed by atoms with Gasteiger partial charge in [0.1, 0.15) is 12.4 Å². The number of nitrogens with zero attached hydrogens (tertiary/aromatic N) is 2. The first-order chi connectivity index (χ1) is 12.0. The van der Waals surface area contributed by atoms with Crippen LogP contribution in [-0.4, -0.2) is 62.2 Å². The van der Waals surface area contributed by atoms with Gasteiger partial charge in [-0.1, -0.05) is 18.2 Å². The highest BCUT2D eigenvalue weighted by atomic mass is 32.2. The summed E-state index contributed by atoms with van der Waals surface area (Å²) in [7, 11) is 5.92. The van der Waals surface area contributed by atoms with Gasteiger partial charge in [-0.25, -0.2) is 0 Å². The van der Waals surface area contributed by atoms with E-state index in [4.69, 9.17) is 4.74 Å². The van der Waals surface area contributed by atoms with Crippen molar-refractivity contribution in [3.05, 3.63) is 29.8 Å². The second-order valence-electron chi connectivity index (χ2n) is 6.94. The Morgan fingerprint density at radius 2 is 2.12 bits per heavy atom. The number of likely N-dealkylation sites (N-methyl/N-ethyl adjacent to an activating group) is 1. The van der Waals surface area contributed by atoms with E-state index in [2.05, 4.69) is 59.4 Å². The molecule has 2 N–H and O–H groups in total. The molecule has 1 heterocycles. The Hall–Kier alpha value is -1.40. The molecule has 1 aliphatic heterocycles. The van der Waals surface area contributed by atoms with Gasteiger partial charge in [0, 0.05) is 37.0 Å². The first-order valence-corrected chi connectivity index (χ1v) is 9.95. The molecule has 0 radical (unpaired) electrons. The summed E-state index contributed by atoms with van der Waals surface area (Å²) >= 11 is 2.06. The zero-order chi connectivity index (χ0) is 18.1. The molecule has 1 aliphatic rings. The van der Waals surface area contributed by atoms with E-state index >= 15 is 0 Å². The van der Waals surface area contributed by atoms with Gasteiger partial charge in [0.2, 0.25) is 0 Å². The number of ether oxygens (including phenoxy) is 1. The average Bonchev–Trinajstić information content (AvgIpc) is 3.03. The maximum atomic E-state index is 5.93. The van der Waals surface area contributed by atoms with Crippen LogP contribution in [0.15, 0.2) is 29.3 Å². The lowest BCUT2D eigenvalue weighted by atomic mass is 10.1. The Morgan fingerprint density at radius 3 is 2.80 bits per heavy atom. The van der Waals surface area contributed by atoms with Gasteiger partial charge in [0.05, 0.1) is 0 Å². The first kappa shape index (κ1) is 19.9. The van der Waals surface area contributed by atoms with Crippen molar-refractivity contribution in [2.24, 2.45) is 4.99 Å². The van der Waals surface area contributed by atoms with Crippen LogP contribution in [0.4, 0.5) is 0 Å². The fraction of sp³-hybridized carbons (Fsp3) is 0.632. The topological polar surface area (TPSA) is 48.9 Å². The summed E-state index contributed by atoms with van der Waals surface area (Å²) in [6, 6.07) is 8.18. The highest BCUT2D eigenvalue weighted by molar-refractivity contribution is 8.00. The third-order valence-electron chi connectivity index (χ3n) is 4.37. The normalized spacial score (nSPS) is 20.8. The summed E-state index contributed by atoms with van der Waals surface area (Å²) in [6.45, 7) is 5.56. The molecule has 1 aromatic carbocycles. The fourth-order valence-corrected chi connectivity index (χ4v) is 4.02. The molecule has 5 nitrogen and oxygen atoms in total. The fourth-order valence-electron chi connectivity index (χ4n) is 2.78. The minimum Gasteiger partial charge on any atom is -0.492 e. The SMILES string of the molecule is CN=C(NCc1ccccc1OCCN(C)C)NCC1(C)CCCS1. The number of guanidine groups is 1. The number of hydrogen-bond donors (Lipinski definition) is 2. The van der Waals surface area contributed by atoms with Crippen molar-refractivity contribution < 1.29 is 4.74 Å². The molecule has 1 aromatic rings. The van der Waals surface area contributed by atoms with Crippen molar-refractivity contribution in [2.45, 2.75) is 31.1 Å². The van der Waals surface area contributed by atoms with Gasteiger partial charge in [0.25, 0.3) is 0 Å². The van der Waals surface area contributed by atoms with Gasteiger partial charge in [-0.05, 0) is 45.7 Å². The van der Waals surface area contributed by atoms with E-state index in [1.807, 2.05) is 25.2 Å². The smallest absolute Gasteiger partial charge is 0.191 e. The van der Waals surface area contributed by atoms with Crippen molar-refractivity contribution in [1.82, 2.24) is 15.5 Å². The summed E-state index contributed by atoms with van der Waals surface area (Å²) in [5, 5.41) is 6.88. The molecule has 1 unspecified atom stereocenters. The Kier molecular flexibility index (Phi) is 7.90. The van der Waals surface area contributed by atoms with Crippen molar-refractivity contribution in [1.29, 1.82) is 0 Å². The van der Waals surface area contributed by atoms with Gasteiger partial charge in [0.15, 0.2) is 5.96 Å². The molecule has 25 heavy (non-hydrogen) atoms. The van der Waals surface area contributed by atoms with Gasteiger partial charge in [-0.15, -0.1) is 0 Å². The second kappa shape index (κ2) is 9.92. The molecule has 0 amide bonds. The molecule has 0 aliphatic carbocycles. The molecule has 1 fully saturated rings. The third-order valence-corrected chi connectivity index (χ3v) is 5.91. The molecule has 140 valence electrons. The highest BCUT2D eigenvalue weighted by Gasteiger charge is 2.29. The standard InChI is InChI=1S/C19H32N4OS/c1-19(10-7-13-25-19)15-22-18(20-2)21-14-16-8-5-6-9-17(16)24-12-11-23(3)4/h5-6,8-9H,7,10-15H2,1-4H3,(H2,20,21,22). The monoisotopic (exact) mass is 364 g/mol. The summed E-state index contributed by atoms with van der Waals surface area (Å²) in [6.07, 6.45) is 2.58. The number of thioether (sulfide) groups is 1. The lowest BCUT2D eigenvalue weighted by molar-refractivity contribution is 0.259. The number of para-hydroxylation sites is 1. The van der Waals surface area contributed by atoms with E-state index in [9.17, 15) is 0 Å². The number of nitrogens with one attached hydrogen (secondary N) is 2. The average molecular weight is 365 g/mol. The molecule has 6 heteroatoms. The van der Waals surface area contributed by atoms with Crippen molar-refractivity contribution in [2.75, 3.05) is 46.6 Å². The van der Waals surface area contributed by atoms with Crippen LogP contribution in [0, 0.1) is 0 Å². The maximum absolute atomic E-state index is 5.93. The van der Waals surface area contributed by atoms with Gasteiger partial charge in [-0.3, -0.25) is 4.99 Å². The first-order valence-electron chi connectivity index (χ1n) is 8.96. The molecular weight excluding hydrogens is 332 g/mol. The van der Waals surface area contributed by atoms with E-state index in [-0.39, 0.29) is 0 Å². The highest BCUT2D eigenvalue weighted by Crippen LogP contribution is 2.36. The van der Waals surface area contributed by atoms with E-state index < -0.39 is 0 Å². The maximum Gasteiger partial charge on any atom is 0.191 e. The van der Waals surface area contributed by atoms with Crippen LogP contribution in [-0.2, 0) is 6.54 Å². The molecule has 2 rings (SSSR count). The van der Waals surface area contributed by atoms with E-state index in [1.165, 1.54) is 18.6 Å². The van der Waals surface area contributed by atoms with Crippen molar-refractivity contribution >= 4 is 17.7 Å². The van der Waals surface area contributed by atoms with Crippen LogP contribution in [0.25, 0.3) is 0 Å². The predicted octanol–water partition coefficient (Wildman–Crippen LogP) is 2.58. The van der Waals surface area contributed by atoms with E-state index in [1.54, 1.807) is 0 Å². The van der Waals surface area contributed by atoms with Crippen molar-refractivity contribution in [3.63, 3.8) is 0 Å². The molecular formula is C19H32N4OS. The van der Waals surface area contributed by atoms with Crippen LogP contribution in [0.1, 0.15) is 25.3 Å². The lowest BCUT2D eigenvalue weighted by Gasteiger charge is -2.24. The lowest BCUT2D eigenvalue weighted by Crippen LogP contribution is -2.43. The summed E-state index contributed by atoms with van der Waals surface area (Å²) < 4.78 is 6.25. The Labute approximate surface area is 156 Å². The summed E-state index contributed by atoms with van der Waals surface area (Å²) in [4.78, 5) is 6.47. The van der Waals surface area contributed by atoms with Crippen molar-refractivity contribution in [3.8, 4) is 5.75 Å². The number of aliphatic imine (C=N–C) groups is 1. The minimum atomic E-state index is 0.324. The van der Waals surface area contributed by atoms with Crippen LogP contribution in [0.2, 0.25) is 0 Å². The second-order valence-corrected chi connectivity index (χ2v) is 8.62. The molecule has 0 aromatic heterocycles. The van der Waals surface area contributed by atoms with Crippen LogP contribution in [0.5, 0.6) is 5.75 Å². The zero-order valence-electron chi connectivity index (χ0n) is 16.0. The number of hydrogen-bond acceptors (Lipinski definition) is 4.